The Kier molecular flexibility index (Phi) is 6.89. The Morgan fingerprint density at radius 2 is 0.942 bits per heavy atom. The first kappa shape index (κ1) is 29.8. The lowest BCUT2D eigenvalue weighted by Crippen LogP contribution is -2.01. The molecule has 0 aliphatic heterocycles. The highest BCUT2D eigenvalue weighted by Crippen LogP contribution is 2.47. The summed E-state index contributed by atoms with van der Waals surface area (Å²) in [5.41, 5.74) is 7.09. The molecule has 5 heteroatoms. The average molecular weight is 668 g/mol. The van der Waals surface area contributed by atoms with Crippen molar-refractivity contribution in [3.8, 4) is 62.2 Å². The van der Waals surface area contributed by atoms with Crippen molar-refractivity contribution in [2.45, 2.75) is 0 Å². The highest BCUT2D eigenvalue weighted by Gasteiger charge is 2.23. The number of fused-ring (bicyclic) bond motifs is 5. The minimum atomic E-state index is 0.140. The van der Waals surface area contributed by atoms with Crippen molar-refractivity contribution in [3.63, 3.8) is 0 Å². The summed E-state index contributed by atoms with van der Waals surface area (Å²) in [4.78, 5) is 15.3. The molecule has 0 unspecified atom stereocenters. The summed E-state index contributed by atoms with van der Waals surface area (Å²) in [5.74, 6) is 1.71. The second kappa shape index (κ2) is 12.0. The monoisotopic (exact) mass is 667 g/mol. The maximum atomic E-state index is 12.4. The summed E-state index contributed by atoms with van der Waals surface area (Å²) in [5, 5.41) is 18.8. The maximum absolute atomic E-state index is 12.4. The van der Waals surface area contributed by atoms with Crippen LogP contribution in [0.3, 0.4) is 0 Å². The van der Waals surface area contributed by atoms with E-state index in [-0.39, 0.29) is 5.75 Å². The summed E-state index contributed by atoms with van der Waals surface area (Å²) < 4.78 is 6.22. The van der Waals surface area contributed by atoms with Crippen LogP contribution < -0.4 is 0 Å². The Morgan fingerprint density at radius 3 is 1.63 bits per heavy atom. The molecule has 1 N–H and O–H groups in total. The van der Waals surface area contributed by atoms with E-state index in [1.165, 1.54) is 0 Å². The third kappa shape index (κ3) is 4.98. The first-order chi connectivity index (χ1) is 25.7. The molecule has 52 heavy (non-hydrogen) atoms. The van der Waals surface area contributed by atoms with Gasteiger partial charge in [-0.15, -0.1) is 0 Å². The van der Waals surface area contributed by atoms with Crippen molar-refractivity contribution in [1.29, 1.82) is 0 Å². The SMILES string of the molecule is Oc1c(-c2cccc3oc4ccccc4c23)ccc(-c2nc(-c3ccc4ccccc4c3)nc(-c3ccc4ccccc4c3)n2)c1-c1ccccc1. The van der Waals surface area contributed by atoms with Gasteiger partial charge in [0.1, 0.15) is 16.9 Å². The predicted octanol–water partition coefficient (Wildman–Crippen LogP) is 12.1. The van der Waals surface area contributed by atoms with Crippen LogP contribution in [0.25, 0.3) is 99.9 Å². The number of furan rings is 1. The fourth-order valence-corrected chi connectivity index (χ4v) is 7.30. The number of benzene rings is 8. The second-order valence-corrected chi connectivity index (χ2v) is 13.0. The lowest BCUT2D eigenvalue weighted by molar-refractivity contribution is 0.479. The minimum Gasteiger partial charge on any atom is -0.507 e. The Labute approximate surface area is 299 Å². The van der Waals surface area contributed by atoms with Crippen LogP contribution in [0, 0.1) is 0 Å². The van der Waals surface area contributed by atoms with Crippen molar-refractivity contribution in [1.82, 2.24) is 15.0 Å². The van der Waals surface area contributed by atoms with Gasteiger partial charge < -0.3 is 9.52 Å². The molecular weight excluding hydrogens is 639 g/mol. The molecule has 5 nitrogen and oxygen atoms in total. The molecule has 10 aromatic rings. The molecule has 8 aromatic carbocycles. The molecule has 0 saturated carbocycles. The lowest BCUT2D eigenvalue weighted by Gasteiger charge is -2.17. The van der Waals surface area contributed by atoms with E-state index in [1.54, 1.807) is 0 Å². The molecule has 0 fully saturated rings. The van der Waals surface area contributed by atoms with Crippen LogP contribution in [0.5, 0.6) is 5.75 Å². The third-order valence-corrected chi connectivity index (χ3v) is 9.82. The van der Waals surface area contributed by atoms with E-state index in [1.807, 2.05) is 103 Å². The molecule has 0 radical (unpaired) electrons. The zero-order valence-corrected chi connectivity index (χ0v) is 27.9. The molecule has 0 amide bonds. The van der Waals surface area contributed by atoms with Crippen LogP contribution >= 0.6 is 0 Å². The van der Waals surface area contributed by atoms with Crippen molar-refractivity contribution in [2.75, 3.05) is 0 Å². The second-order valence-electron chi connectivity index (χ2n) is 13.0. The molecule has 0 bridgehead atoms. The molecule has 2 aromatic heterocycles. The number of phenols is 1. The number of phenolic OH excluding ortho intramolecular Hbond substituents is 1. The average Bonchev–Trinajstić information content (AvgIpc) is 3.60. The molecular formula is C47H29N3O2. The van der Waals surface area contributed by atoms with Gasteiger partial charge in [0.15, 0.2) is 17.5 Å². The first-order valence-corrected chi connectivity index (χ1v) is 17.2. The molecule has 10 rings (SSSR count). The van der Waals surface area contributed by atoms with E-state index in [0.717, 1.165) is 65.7 Å². The van der Waals surface area contributed by atoms with Crippen LogP contribution in [0.4, 0.5) is 0 Å². The highest BCUT2D eigenvalue weighted by molar-refractivity contribution is 6.13. The van der Waals surface area contributed by atoms with Gasteiger partial charge in [0, 0.05) is 38.6 Å². The van der Waals surface area contributed by atoms with Gasteiger partial charge in [0.25, 0.3) is 0 Å². The van der Waals surface area contributed by atoms with Crippen molar-refractivity contribution in [3.05, 3.63) is 170 Å². The van der Waals surface area contributed by atoms with E-state index < -0.39 is 0 Å². The van der Waals surface area contributed by atoms with Crippen LogP contribution in [0.1, 0.15) is 0 Å². The normalized spacial score (nSPS) is 11.5. The van der Waals surface area contributed by atoms with Gasteiger partial charge in [-0.25, -0.2) is 15.0 Å². The number of aromatic nitrogens is 3. The number of hydrogen-bond donors (Lipinski definition) is 1. The van der Waals surface area contributed by atoms with Crippen LogP contribution in [0.15, 0.2) is 174 Å². The van der Waals surface area contributed by atoms with Gasteiger partial charge in [0.05, 0.1) is 0 Å². The number of para-hydroxylation sites is 1. The van der Waals surface area contributed by atoms with Gasteiger partial charge in [-0.05, 0) is 69.1 Å². The summed E-state index contributed by atoms with van der Waals surface area (Å²) in [6.07, 6.45) is 0. The summed E-state index contributed by atoms with van der Waals surface area (Å²) in [7, 11) is 0. The van der Waals surface area contributed by atoms with E-state index in [9.17, 15) is 5.11 Å². The summed E-state index contributed by atoms with van der Waals surface area (Å²) in [6.45, 7) is 0. The standard InChI is InChI=1S/C47H29N3O2/c51-44-37(36-18-10-20-41-43(36)38-17-8-9-19-40(38)52-41)25-26-39(42(44)31-13-2-1-3-14-31)47-49-45(34-23-21-29-11-4-6-15-32(29)27-34)48-46(50-47)35-24-22-30-12-5-7-16-33(30)28-35/h1-28,51H. The number of nitrogens with zero attached hydrogens (tertiary/aromatic N) is 3. The van der Waals surface area contributed by atoms with E-state index >= 15 is 0 Å². The van der Waals surface area contributed by atoms with Gasteiger partial charge in [-0.3, -0.25) is 0 Å². The maximum Gasteiger partial charge on any atom is 0.164 e. The lowest BCUT2D eigenvalue weighted by atomic mass is 9.91. The van der Waals surface area contributed by atoms with Gasteiger partial charge in [-0.1, -0.05) is 133 Å². The van der Waals surface area contributed by atoms with Gasteiger partial charge in [0.2, 0.25) is 0 Å². The minimum absolute atomic E-state index is 0.140. The molecule has 0 spiro atoms. The number of hydrogen-bond acceptors (Lipinski definition) is 5. The van der Waals surface area contributed by atoms with Crippen molar-refractivity contribution >= 4 is 43.5 Å². The highest BCUT2D eigenvalue weighted by atomic mass is 16.3. The molecule has 0 saturated heterocycles. The first-order valence-electron chi connectivity index (χ1n) is 17.2. The Balaban J connectivity index is 1.23. The Morgan fingerprint density at radius 1 is 0.385 bits per heavy atom. The fourth-order valence-electron chi connectivity index (χ4n) is 7.30. The zero-order valence-electron chi connectivity index (χ0n) is 27.9. The Bertz CT molecular complexity index is 2890. The largest absolute Gasteiger partial charge is 0.507 e. The van der Waals surface area contributed by atoms with Gasteiger partial charge in [-0.2, -0.15) is 0 Å². The summed E-state index contributed by atoms with van der Waals surface area (Å²) >= 11 is 0. The van der Waals surface area contributed by atoms with Crippen LogP contribution in [0.2, 0.25) is 0 Å². The predicted molar refractivity (Wildman–Crippen MR) is 211 cm³/mol. The zero-order chi connectivity index (χ0) is 34.6. The number of aromatic hydroxyl groups is 1. The van der Waals surface area contributed by atoms with E-state index in [2.05, 4.69) is 66.7 Å². The molecule has 0 aliphatic rings. The molecule has 0 atom stereocenters. The van der Waals surface area contributed by atoms with Crippen molar-refractivity contribution < 1.29 is 9.52 Å². The quantitative estimate of drug-likeness (QED) is 0.198. The molecule has 244 valence electrons. The van der Waals surface area contributed by atoms with E-state index in [4.69, 9.17) is 19.4 Å². The molecule has 2 heterocycles. The Hall–Kier alpha value is -7.11. The smallest absolute Gasteiger partial charge is 0.164 e. The van der Waals surface area contributed by atoms with E-state index in [0.29, 0.717) is 34.2 Å². The third-order valence-electron chi connectivity index (χ3n) is 9.82. The topological polar surface area (TPSA) is 72.0 Å². The van der Waals surface area contributed by atoms with Crippen LogP contribution in [-0.4, -0.2) is 20.1 Å². The van der Waals surface area contributed by atoms with Crippen LogP contribution in [-0.2, 0) is 0 Å². The summed E-state index contributed by atoms with van der Waals surface area (Å²) in [6, 6.07) is 57.0. The number of rotatable bonds is 5. The van der Waals surface area contributed by atoms with Crippen molar-refractivity contribution in [2.24, 2.45) is 0 Å². The fraction of sp³-hybridized carbons (Fsp3) is 0. The van der Waals surface area contributed by atoms with Gasteiger partial charge >= 0.3 is 0 Å². The molecule has 0 aliphatic carbocycles.